The molecule has 0 saturated heterocycles. The van der Waals surface area contributed by atoms with Gasteiger partial charge in [-0.05, 0) is 53.1 Å². The normalized spacial score (nSPS) is 12.2. The fourth-order valence-electron chi connectivity index (χ4n) is 3.62. The van der Waals surface area contributed by atoms with Gasteiger partial charge in [-0.2, -0.15) is 0 Å². The number of nitrogens with one attached hydrogen (secondary N) is 2. The van der Waals surface area contributed by atoms with E-state index in [4.69, 9.17) is 0 Å². The predicted molar refractivity (Wildman–Crippen MR) is 103 cm³/mol. The molecule has 136 valence electrons. The first-order valence-corrected chi connectivity index (χ1v) is 8.94. The average molecular weight is 362 g/mol. The summed E-state index contributed by atoms with van der Waals surface area (Å²) in [6.45, 7) is -0.128. The van der Waals surface area contributed by atoms with Gasteiger partial charge >= 0.3 is 0 Å². The molecule has 1 aliphatic rings. The smallest absolute Gasteiger partial charge is 0.243 e. The Kier molecular flexibility index (Phi) is 4.59. The third-order valence-electron chi connectivity index (χ3n) is 4.85. The van der Waals surface area contributed by atoms with Crippen LogP contribution in [0.3, 0.4) is 0 Å². The maximum atomic E-state index is 13.2. The summed E-state index contributed by atoms with van der Waals surface area (Å²) in [6.07, 6.45) is 2.09. The third-order valence-corrected chi connectivity index (χ3v) is 4.85. The Morgan fingerprint density at radius 1 is 0.926 bits per heavy atom. The lowest BCUT2D eigenvalue weighted by Crippen LogP contribution is -2.33. The molecule has 1 aliphatic carbocycles. The highest BCUT2D eigenvalue weighted by molar-refractivity contribution is 6.06. The molecule has 0 heterocycles. The Morgan fingerprint density at radius 2 is 1.70 bits per heavy atom. The first-order valence-electron chi connectivity index (χ1n) is 8.94. The summed E-state index contributed by atoms with van der Waals surface area (Å²) in [5, 5.41) is 7.72. The number of aryl methyl sites for hydroxylation is 2. The molecule has 4 nitrogen and oxygen atoms in total. The number of hydrogen-bond donors (Lipinski definition) is 2. The zero-order valence-corrected chi connectivity index (χ0v) is 14.7. The molecule has 2 N–H and O–H groups in total. The lowest BCUT2D eigenvalue weighted by molar-refractivity contribution is -0.123. The zero-order valence-electron chi connectivity index (χ0n) is 14.7. The Hall–Kier alpha value is -3.21. The maximum Gasteiger partial charge on any atom is 0.243 e. The van der Waals surface area contributed by atoms with Gasteiger partial charge < -0.3 is 10.6 Å². The van der Waals surface area contributed by atoms with Crippen molar-refractivity contribution in [3.05, 3.63) is 77.1 Å². The van der Waals surface area contributed by atoms with E-state index < -0.39 is 0 Å². The summed E-state index contributed by atoms with van der Waals surface area (Å²) < 4.78 is 13.2. The number of hydrogen-bond acceptors (Lipinski definition) is 2. The van der Waals surface area contributed by atoms with Crippen molar-refractivity contribution in [3.63, 3.8) is 0 Å². The molecule has 0 saturated carbocycles. The summed E-state index contributed by atoms with van der Waals surface area (Å²) in [6, 6.07) is 16.0. The van der Waals surface area contributed by atoms with Crippen LogP contribution in [0.25, 0.3) is 10.8 Å². The van der Waals surface area contributed by atoms with Gasteiger partial charge in [0, 0.05) is 11.1 Å². The molecule has 0 atom stereocenters. The average Bonchev–Trinajstić information content (AvgIpc) is 3.07. The molecule has 0 aliphatic heterocycles. The number of amides is 2. The summed E-state index contributed by atoms with van der Waals surface area (Å²) in [5.74, 6) is -0.998. The topological polar surface area (TPSA) is 58.2 Å². The molecular weight excluding hydrogens is 343 g/mol. The van der Waals surface area contributed by atoms with E-state index in [1.54, 1.807) is 12.1 Å². The van der Waals surface area contributed by atoms with E-state index in [1.807, 2.05) is 18.2 Å². The van der Waals surface area contributed by atoms with E-state index in [0.717, 1.165) is 23.9 Å². The van der Waals surface area contributed by atoms with Crippen LogP contribution in [0, 0.1) is 5.82 Å². The minimum Gasteiger partial charge on any atom is -0.347 e. The van der Waals surface area contributed by atoms with Crippen LogP contribution in [0.4, 0.5) is 10.1 Å². The molecule has 0 fully saturated rings. The van der Waals surface area contributed by atoms with Gasteiger partial charge in [-0.25, -0.2) is 4.39 Å². The fourth-order valence-corrected chi connectivity index (χ4v) is 3.62. The standard InChI is InChI=1S/C22H19FN2O2/c23-17-5-1-3-14(11-17)12-20(26)24-13-21(27)25-19-10-9-16-8-7-15-4-2-6-18(19)22(15)16/h1-6,9-11H,7-8,12-13H2,(H,24,26)(H,25,27). The monoisotopic (exact) mass is 362 g/mol. The summed E-state index contributed by atoms with van der Waals surface area (Å²) >= 11 is 0. The molecule has 0 radical (unpaired) electrons. The summed E-state index contributed by atoms with van der Waals surface area (Å²) in [7, 11) is 0. The SMILES string of the molecule is O=C(Cc1cccc(F)c1)NCC(=O)Nc1ccc2c3c(cccc13)CC2. The van der Waals surface area contributed by atoms with Gasteiger partial charge in [-0.1, -0.05) is 36.4 Å². The zero-order chi connectivity index (χ0) is 18.8. The second kappa shape index (κ2) is 7.19. The van der Waals surface area contributed by atoms with Crippen molar-refractivity contribution in [1.82, 2.24) is 5.32 Å². The number of benzene rings is 3. The van der Waals surface area contributed by atoms with Gasteiger partial charge in [0.05, 0.1) is 13.0 Å². The Labute approximate surface area is 156 Å². The quantitative estimate of drug-likeness (QED) is 0.731. The molecule has 0 spiro atoms. The minimum absolute atomic E-state index is 0.0338. The Morgan fingerprint density at radius 3 is 2.52 bits per heavy atom. The molecule has 4 rings (SSSR count). The molecule has 0 unspecified atom stereocenters. The molecular formula is C22H19FN2O2. The molecule has 5 heteroatoms. The van der Waals surface area contributed by atoms with Gasteiger partial charge in [0.15, 0.2) is 0 Å². The third kappa shape index (κ3) is 3.67. The second-order valence-corrected chi connectivity index (χ2v) is 6.74. The number of carbonyl (C=O) groups is 2. The van der Waals surface area contributed by atoms with E-state index in [1.165, 1.54) is 28.6 Å². The fraction of sp³-hybridized carbons (Fsp3) is 0.182. The maximum absolute atomic E-state index is 13.2. The van der Waals surface area contributed by atoms with Crippen LogP contribution < -0.4 is 10.6 Å². The number of anilines is 1. The summed E-state index contributed by atoms with van der Waals surface area (Å²) in [4.78, 5) is 24.2. The van der Waals surface area contributed by atoms with E-state index in [-0.39, 0.29) is 30.6 Å². The first-order chi connectivity index (χ1) is 13.1. The van der Waals surface area contributed by atoms with Crippen LogP contribution in [-0.2, 0) is 28.9 Å². The van der Waals surface area contributed by atoms with Crippen molar-refractivity contribution in [2.24, 2.45) is 0 Å². The summed E-state index contributed by atoms with van der Waals surface area (Å²) in [5.41, 5.74) is 3.94. The highest BCUT2D eigenvalue weighted by Crippen LogP contribution is 2.34. The van der Waals surface area contributed by atoms with Crippen molar-refractivity contribution in [1.29, 1.82) is 0 Å². The molecule has 0 aromatic heterocycles. The van der Waals surface area contributed by atoms with Crippen molar-refractivity contribution < 1.29 is 14.0 Å². The van der Waals surface area contributed by atoms with Gasteiger partial charge in [-0.3, -0.25) is 9.59 Å². The molecule has 27 heavy (non-hydrogen) atoms. The Bertz CT molecular complexity index is 1040. The van der Waals surface area contributed by atoms with Gasteiger partial charge in [0.2, 0.25) is 11.8 Å². The largest absolute Gasteiger partial charge is 0.347 e. The highest BCUT2D eigenvalue weighted by Gasteiger charge is 2.16. The predicted octanol–water partition coefficient (Wildman–Crippen LogP) is 3.37. The van der Waals surface area contributed by atoms with Crippen molar-refractivity contribution in [2.45, 2.75) is 19.3 Å². The van der Waals surface area contributed by atoms with Crippen LogP contribution in [-0.4, -0.2) is 18.4 Å². The highest BCUT2D eigenvalue weighted by atomic mass is 19.1. The first kappa shape index (κ1) is 17.2. The lowest BCUT2D eigenvalue weighted by Gasteiger charge is -2.11. The number of carbonyl (C=O) groups excluding carboxylic acids is 2. The molecule has 2 amide bonds. The van der Waals surface area contributed by atoms with Crippen molar-refractivity contribution >= 4 is 28.3 Å². The van der Waals surface area contributed by atoms with E-state index in [9.17, 15) is 14.0 Å². The van der Waals surface area contributed by atoms with Crippen molar-refractivity contribution in [2.75, 3.05) is 11.9 Å². The number of rotatable bonds is 5. The van der Waals surface area contributed by atoms with Crippen LogP contribution in [0.5, 0.6) is 0 Å². The molecule has 3 aromatic rings. The van der Waals surface area contributed by atoms with Gasteiger partial charge in [0.1, 0.15) is 5.82 Å². The van der Waals surface area contributed by atoms with Crippen LogP contribution in [0.15, 0.2) is 54.6 Å². The lowest BCUT2D eigenvalue weighted by atomic mass is 10.0. The molecule has 3 aromatic carbocycles. The van der Waals surface area contributed by atoms with Crippen molar-refractivity contribution in [3.8, 4) is 0 Å². The van der Waals surface area contributed by atoms with Crippen LogP contribution in [0.2, 0.25) is 0 Å². The van der Waals surface area contributed by atoms with Gasteiger partial charge in [0.25, 0.3) is 0 Å². The second-order valence-electron chi connectivity index (χ2n) is 6.74. The number of halogens is 1. The van der Waals surface area contributed by atoms with Gasteiger partial charge in [-0.15, -0.1) is 0 Å². The molecule has 0 bridgehead atoms. The van der Waals surface area contributed by atoms with E-state index in [0.29, 0.717) is 5.56 Å². The van der Waals surface area contributed by atoms with E-state index in [2.05, 4.69) is 22.8 Å². The minimum atomic E-state index is -0.384. The van der Waals surface area contributed by atoms with Crippen LogP contribution >= 0.6 is 0 Å². The van der Waals surface area contributed by atoms with Crippen LogP contribution in [0.1, 0.15) is 16.7 Å². The van der Waals surface area contributed by atoms with E-state index >= 15 is 0 Å². The Balaban J connectivity index is 1.39.